The first-order valence-electron chi connectivity index (χ1n) is 6.34. The molecule has 0 radical (unpaired) electrons. The van der Waals surface area contributed by atoms with Crippen molar-refractivity contribution < 1.29 is 17.9 Å². The van der Waals surface area contributed by atoms with Crippen LogP contribution < -0.4 is 4.74 Å². The summed E-state index contributed by atoms with van der Waals surface area (Å²) in [6, 6.07) is 14.8. The third-order valence-electron chi connectivity index (χ3n) is 3.03. The van der Waals surface area contributed by atoms with Crippen LogP contribution in [0.4, 0.5) is 13.2 Å². The summed E-state index contributed by atoms with van der Waals surface area (Å²) in [5.74, 6) is -0.325. The average Bonchev–Trinajstić information content (AvgIpc) is 2.46. The highest BCUT2D eigenvalue weighted by Crippen LogP contribution is 2.31. The molecule has 0 saturated carbocycles. The van der Waals surface area contributed by atoms with Crippen LogP contribution >= 0.6 is 11.6 Å². The lowest BCUT2D eigenvalue weighted by Gasteiger charge is -2.10. The van der Waals surface area contributed by atoms with Gasteiger partial charge in [-0.1, -0.05) is 41.9 Å². The van der Waals surface area contributed by atoms with Crippen molar-refractivity contribution in [1.29, 1.82) is 0 Å². The van der Waals surface area contributed by atoms with Gasteiger partial charge in [-0.05, 0) is 18.2 Å². The molecule has 0 amide bonds. The van der Waals surface area contributed by atoms with Crippen LogP contribution in [0.3, 0.4) is 0 Å². The molecule has 0 N–H and O–H groups in total. The molecular formula is C16H9ClF3NO. The molecule has 0 spiro atoms. The van der Waals surface area contributed by atoms with Gasteiger partial charge in [-0.25, -0.2) is 4.98 Å². The second kappa shape index (κ2) is 5.50. The summed E-state index contributed by atoms with van der Waals surface area (Å²) in [7, 11) is 0. The minimum atomic E-state index is -4.74. The van der Waals surface area contributed by atoms with E-state index in [2.05, 4.69) is 9.72 Å². The molecule has 0 aliphatic carbocycles. The van der Waals surface area contributed by atoms with E-state index in [0.717, 1.165) is 5.56 Å². The summed E-state index contributed by atoms with van der Waals surface area (Å²) >= 11 is 6.19. The van der Waals surface area contributed by atoms with E-state index in [1.54, 1.807) is 6.07 Å². The number of hydrogen-bond acceptors (Lipinski definition) is 2. The molecule has 6 heteroatoms. The Labute approximate surface area is 129 Å². The number of nitrogens with zero attached hydrogens (tertiary/aromatic N) is 1. The standard InChI is InChI=1S/C16H9ClF3NO/c17-13-9-14(10-4-2-1-3-5-10)21-15-8-11(6-7-12(13)15)22-16(18,19)20/h1-9H. The predicted molar refractivity (Wildman–Crippen MR) is 78.9 cm³/mol. The number of aromatic nitrogens is 1. The van der Waals surface area contributed by atoms with Crippen LogP contribution in [0.5, 0.6) is 5.75 Å². The van der Waals surface area contributed by atoms with E-state index < -0.39 is 6.36 Å². The van der Waals surface area contributed by atoms with Crippen molar-refractivity contribution in [3.8, 4) is 17.0 Å². The van der Waals surface area contributed by atoms with Gasteiger partial charge in [0.05, 0.1) is 16.2 Å². The van der Waals surface area contributed by atoms with Crippen molar-refractivity contribution >= 4 is 22.5 Å². The van der Waals surface area contributed by atoms with Crippen molar-refractivity contribution in [3.05, 3.63) is 59.6 Å². The lowest BCUT2D eigenvalue weighted by molar-refractivity contribution is -0.274. The molecule has 3 aromatic rings. The number of benzene rings is 2. The summed E-state index contributed by atoms with van der Waals surface area (Å²) in [5.41, 5.74) is 1.75. The fourth-order valence-electron chi connectivity index (χ4n) is 2.12. The number of fused-ring (bicyclic) bond motifs is 1. The third-order valence-corrected chi connectivity index (χ3v) is 3.35. The Morgan fingerprint density at radius 2 is 1.68 bits per heavy atom. The molecular weight excluding hydrogens is 315 g/mol. The Kier molecular flexibility index (Phi) is 3.66. The highest BCUT2D eigenvalue weighted by atomic mass is 35.5. The van der Waals surface area contributed by atoms with E-state index in [9.17, 15) is 13.2 Å². The highest BCUT2D eigenvalue weighted by molar-refractivity contribution is 6.35. The van der Waals surface area contributed by atoms with E-state index in [4.69, 9.17) is 11.6 Å². The van der Waals surface area contributed by atoms with Gasteiger partial charge in [-0.3, -0.25) is 0 Å². The van der Waals surface area contributed by atoms with Gasteiger partial charge in [-0.15, -0.1) is 13.2 Å². The first-order chi connectivity index (χ1) is 10.4. The van der Waals surface area contributed by atoms with Gasteiger partial charge >= 0.3 is 6.36 Å². The lowest BCUT2D eigenvalue weighted by atomic mass is 10.1. The number of pyridine rings is 1. The normalized spacial score (nSPS) is 11.6. The number of halogens is 4. The second-order valence-corrected chi connectivity index (χ2v) is 4.99. The molecule has 1 heterocycles. The van der Waals surface area contributed by atoms with Crippen LogP contribution in [0, 0.1) is 0 Å². The molecule has 0 saturated heterocycles. The fourth-order valence-corrected chi connectivity index (χ4v) is 2.38. The largest absolute Gasteiger partial charge is 0.573 e. The maximum atomic E-state index is 12.3. The summed E-state index contributed by atoms with van der Waals surface area (Å²) in [5, 5.41) is 0.985. The summed E-state index contributed by atoms with van der Waals surface area (Å²) in [4.78, 5) is 4.37. The van der Waals surface area contributed by atoms with Crippen LogP contribution in [0.2, 0.25) is 5.02 Å². The first kappa shape index (κ1) is 14.7. The zero-order chi connectivity index (χ0) is 15.7. The van der Waals surface area contributed by atoms with E-state index in [1.807, 2.05) is 30.3 Å². The molecule has 22 heavy (non-hydrogen) atoms. The number of ether oxygens (including phenoxy) is 1. The molecule has 112 valence electrons. The Hall–Kier alpha value is -2.27. The van der Waals surface area contributed by atoms with Crippen molar-refractivity contribution in [2.45, 2.75) is 6.36 Å². The molecule has 0 fully saturated rings. The quantitative estimate of drug-likeness (QED) is 0.625. The Morgan fingerprint density at radius 1 is 0.955 bits per heavy atom. The monoisotopic (exact) mass is 323 g/mol. The topological polar surface area (TPSA) is 22.1 Å². The van der Waals surface area contributed by atoms with E-state index >= 15 is 0 Å². The second-order valence-electron chi connectivity index (χ2n) is 4.58. The highest BCUT2D eigenvalue weighted by Gasteiger charge is 2.31. The van der Waals surface area contributed by atoms with E-state index in [0.29, 0.717) is 21.6 Å². The zero-order valence-corrected chi connectivity index (χ0v) is 11.8. The maximum absolute atomic E-state index is 12.3. The minimum Gasteiger partial charge on any atom is -0.406 e. The summed E-state index contributed by atoms with van der Waals surface area (Å²) < 4.78 is 40.8. The average molecular weight is 324 g/mol. The SMILES string of the molecule is FC(F)(F)Oc1ccc2c(Cl)cc(-c3ccccc3)nc2c1. The van der Waals surface area contributed by atoms with Gasteiger partial charge in [0.25, 0.3) is 0 Å². The smallest absolute Gasteiger partial charge is 0.406 e. The zero-order valence-electron chi connectivity index (χ0n) is 11.1. The number of hydrogen-bond donors (Lipinski definition) is 0. The van der Waals surface area contributed by atoms with Gasteiger partial charge < -0.3 is 4.74 Å². The fraction of sp³-hybridized carbons (Fsp3) is 0.0625. The third kappa shape index (κ3) is 3.14. The van der Waals surface area contributed by atoms with Crippen molar-refractivity contribution in [2.24, 2.45) is 0 Å². The summed E-state index contributed by atoms with van der Waals surface area (Å²) in [6.07, 6.45) is -4.74. The molecule has 1 aromatic heterocycles. The van der Waals surface area contributed by atoms with Crippen molar-refractivity contribution in [1.82, 2.24) is 4.98 Å². The van der Waals surface area contributed by atoms with Crippen LogP contribution in [0.25, 0.3) is 22.2 Å². The van der Waals surface area contributed by atoms with Gasteiger partial charge in [-0.2, -0.15) is 0 Å². The Morgan fingerprint density at radius 3 is 2.36 bits per heavy atom. The van der Waals surface area contributed by atoms with Gasteiger partial charge in [0, 0.05) is 17.0 Å². The molecule has 0 aliphatic heterocycles. The number of alkyl halides is 3. The van der Waals surface area contributed by atoms with Crippen LogP contribution in [-0.2, 0) is 0 Å². The molecule has 0 atom stereocenters. The predicted octanol–water partition coefficient (Wildman–Crippen LogP) is 5.45. The molecule has 2 aromatic carbocycles. The van der Waals surface area contributed by atoms with Gasteiger partial charge in [0.1, 0.15) is 5.75 Å². The molecule has 0 aliphatic rings. The molecule has 0 unspecified atom stereocenters. The van der Waals surface area contributed by atoms with Crippen molar-refractivity contribution in [3.63, 3.8) is 0 Å². The van der Waals surface area contributed by atoms with E-state index in [-0.39, 0.29) is 5.75 Å². The van der Waals surface area contributed by atoms with Crippen LogP contribution in [0.15, 0.2) is 54.6 Å². The van der Waals surface area contributed by atoms with Crippen molar-refractivity contribution in [2.75, 3.05) is 0 Å². The van der Waals surface area contributed by atoms with Gasteiger partial charge in [0.15, 0.2) is 0 Å². The molecule has 2 nitrogen and oxygen atoms in total. The Bertz CT molecular complexity index is 819. The first-order valence-corrected chi connectivity index (χ1v) is 6.72. The van der Waals surface area contributed by atoms with E-state index in [1.165, 1.54) is 18.2 Å². The van der Waals surface area contributed by atoms with Crippen LogP contribution in [-0.4, -0.2) is 11.3 Å². The lowest BCUT2D eigenvalue weighted by Crippen LogP contribution is -2.17. The Balaban J connectivity index is 2.11. The maximum Gasteiger partial charge on any atom is 0.573 e. The van der Waals surface area contributed by atoms with Gasteiger partial charge in [0.2, 0.25) is 0 Å². The molecule has 0 bridgehead atoms. The molecule has 3 rings (SSSR count). The van der Waals surface area contributed by atoms with Crippen LogP contribution in [0.1, 0.15) is 0 Å². The minimum absolute atomic E-state index is 0.325. The summed E-state index contributed by atoms with van der Waals surface area (Å²) in [6.45, 7) is 0. The number of rotatable bonds is 2.